The fourth-order valence-electron chi connectivity index (χ4n) is 5.40. The van der Waals surface area contributed by atoms with E-state index >= 15 is 0 Å². The van der Waals surface area contributed by atoms with Crippen LogP contribution in [-0.2, 0) is 5.54 Å². The Balaban J connectivity index is 1.48. The minimum Gasteiger partial charge on any atom is -0.362 e. The van der Waals surface area contributed by atoms with Crippen LogP contribution in [0.5, 0.6) is 0 Å². The largest absolute Gasteiger partial charge is 0.362 e. The van der Waals surface area contributed by atoms with Crippen molar-refractivity contribution in [1.29, 1.82) is 0 Å². The first-order chi connectivity index (χ1) is 10.7. The SMILES string of the molecule is CCCNC(=S)Nc1ccn(C23CC4CC(CC(C4)C2)C3)n1. The van der Waals surface area contributed by atoms with Gasteiger partial charge in [0, 0.05) is 18.8 Å². The Kier molecular flexibility index (Phi) is 3.63. The molecule has 0 aromatic carbocycles. The molecule has 4 bridgehead atoms. The van der Waals surface area contributed by atoms with Crippen LogP contribution in [0.25, 0.3) is 0 Å². The van der Waals surface area contributed by atoms with Crippen LogP contribution >= 0.6 is 12.2 Å². The Bertz CT molecular complexity index is 529. The molecule has 4 fully saturated rings. The van der Waals surface area contributed by atoms with E-state index in [1.807, 2.05) is 0 Å². The van der Waals surface area contributed by atoms with Gasteiger partial charge in [-0.05, 0) is 74.9 Å². The number of hydrogen-bond donors (Lipinski definition) is 2. The highest BCUT2D eigenvalue weighted by molar-refractivity contribution is 7.80. The van der Waals surface area contributed by atoms with E-state index in [4.69, 9.17) is 17.3 Å². The van der Waals surface area contributed by atoms with Gasteiger partial charge < -0.3 is 10.6 Å². The number of rotatable bonds is 4. The third-order valence-electron chi connectivity index (χ3n) is 5.86. The average molecular weight is 318 g/mol. The van der Waals surface area contributed by atoms with Gasteiger partial charge in [-0.2, -0.15) is 5.10 Å². The van der Waals surface area contributed by atoms with E-state index in [1.165, 1.54) is 38.5 Å². The minimum absolute atomic E-state index is 0.299. The van der Waals surface area contributed by atoms with Crippen LogP contribution in [0.3, 0.4) is 0 Å². The molecule has 4 saturated carbocycles. The molecular formula is C17H26N4S. The summed E-state index contributed by atoms with van der Waals surface area (Å²) in [4.78, 5) is 0. The van der Waals surface area contributed by atoms with Crippen LogP contribution in [0.1, 0.15) is 51.9 Å². The summed E-state index contributed by atoms with van der Waals surface area (Å²) in [5.41, 5.74) is 0.299. The van der Waals surface area contributed by atoms with Crippen molar-refractivity contribution in [2.45, 2.75) is 57.4 Å². The fraction of sp³-hybridized carbons (Fsp3) is 0.765. The third kappa shape index (κ3) is 2.53. The van der Waals surface area contributed by atoms with E-state index in [9.17, 15) is 0 Å². The van der Waals surface area contributed by atoms with Gasteiger partial charge in [-0.3, -0.25) is 4.68 Å². The predicted octanol–water partition coefficient (Wildman–Crippen LogP) is 3.50. The van der Waals surface area contributed by atoms with Gasteiger partial charge in [0.1, 0.15) is 0 Å². The lowest BCUT2D eigenvalue weighted by molar-refractivity contribution is -0.0492. The van der Waals surface area contributed by atoms with Crippen LogP contribution in [0, 0.1) is 17.8 Å². The molecule has 120 valence electrons. The van der Waals surface area contributed by atoms with Gasteiger partial charge in [0.15, 0.2) is 10.9 Å². The van der Waals surface area contributed by atoms with Gasteiger partial charge in [-0.15, -0.1) is 0 Å². The maximum atomic E-state index is 5.31. The number of anilines is 1. The molecule has 0 amide bonds. The summed E-state index contributed by atoms with van der Waals surface area (Å²) in [6.07, 6.45) is 11.6. The first-order valence-corrected chi connectivity index (χ1v) is 9.19. The van der Waals surface area contributed by atoms with Crippen molar-refractivity contribution in [3.8, 4) is 0 Å². The van der Waals surface area contributed by atoms with Gasteiger partial charge in [0.25, 0.3) is 0 Å². The van der Waals surface area contributed by atoms with E-state index in [0.717, 1.165) is 36.5 Å². The van der Waals surface area contributed by atoms with Gasteiger partial charge in [-0.1, -0.05) is 6.92 Å². The molecule has 1 aromatic heterocycles. The molecule has 5 rings (SSSR count). The number of nitrogens with one attached hydrogen (secondary N) is 2. The molecule has 4 nitrogen and oxygen atoms in total. The van der Waals surface area contributed by atoms with Crippen molar-refractivity contribution in [2.24, 2.45) is 17.8 Å². The van der Waals surface area contributed by atoms with Gasteiger partial charge in [0.2, 0.25) is 0 Å². The van der Waals surface area contributed by atoms with Gasteiger partial charge >= 0.3 is 0 Å². The van der Waals surface area contributed by atoms with E-state index in [2.05, 4.69) is 34.5 Å². The number of aromatic nitrogens is 2. The molecule has 5 heteroatoms. The highest BCUT2D eigenvalue weighted by Gasteiger charge is 2.52. The molecule has 22 heavy (non-hydrogen) atoms. The molecule has 1 aromatic rings. The number of hydrogen-bond acceptors (Lipinski definition) is 2. The predicted molar refractivity (Wildman–Crippen MR) is 92.9 cm³/mol. The van der Waals surface area contributed by atoms with Crippen LogP contribution in [0.2, 0.25) is 0 Å². The average Bonchev–Trinajstić information content (AvgIpc) is 2.93. The van der Waals surface area contributed by atoms with E-state index in [1.54, 1.807) is 0 Å². The first-order valence-electron chi connectivity index (χ1n) is 8.78. The molecule has 0 atom stereocenters. The molecule has 2 N–H and O–H groups in total. The Hall–Kier alpha value is -1.10. The summed E-state index contributed by atoms with van der Waals surface area (Å²) in [5, 5.41) is 11.9. The maximum absolute atomic E-state index is 5.31. The van der Waals surface area contributed by atoms with Crippen molar-refractivity contribution in [2.75, 3.05) is 11.9 Å². The Labute approximate surface area is 138 Å². The molecule has 4 aliphatic rings. The monoisotopic (exact) mass is 318 g/mol. The zero-order valence-corrected chi connectivity index (χ0v) is 14.2. The van der Waals surface area contributed by atoms with E-state index in [0.29, 0.717) is 10.7 Å². The molecule has 0 spiro atoms. The highest BCUT2D eigenvalue weighted by atomic mass is 32.1. The normalized spacial score (nSPS) is 35.6. The molecule has 1 heterocycles. The van der Waals surface area contributed by atoms with E-state index in [-0.39, 0.29) is 0 Å². The second kappa shape index (κ2) is 5.52. The smallest absolute Gasteiger partial charge is 0.171 e. The van der Waals surface area contributed by atoms with Crippen molar-refractivity contribution in [3.63, 3.8) is 0 Å². The second-order valence-corrected chi connectivity index (χ2v) is 8.08. The van der Waals surface area contributed by atoms with Crippen LogP contribution in [0.15, 0.2) is 12.3 Å². The summed E-state index contributed by atoms with van der Waals surface area (Å²) in [5.74, 6) is 3.71. The lowest BCUT2D eigenvalue weighted by Gasteiger charge is -2.56. The summed E-state index contributed by atoms with van der Waals surface area (Å²) < 4.78 is 2.27. The van der Waals surface area contributed by atoms with Gasteiger partial charge in [-0.25, -0.2) is 0 Å². The molecular weight excluding hydrogens is 292 g/mol. The molecule has 0 unspecified atom stereocenters. The van der Waals surface area contributed by atoms with Crippen LogP contribution in [-0.4, -0.2) is 21.4 Å². The lowest BCUT2D eigenvalue weighted by atomic mass is 9.53. The summed E-state index contributed by atoms with van der Waals surface area (Å²) in [6, 6.07) is 2.07. The zero-order chi connectivity index (χ0) is 15.2. The molecule has 0 saturated heterocycles. The fourth-order valence-corrected chi connectivity index (χ4v) is 5.61. The van der Waals surface area contributed by atoms with Crippen molar-refractivity contribution < 1.29 is 0 Å². The molecule has 0 radical (unpaired) electrons. The second-order valence-electron chi connectivity index (χ2n) is 7.67. The summed E-state index contributed by atoms with van der Waals surface area (Å²) in [7, 11) is 0. The topological polar surface area (TPSA) is 41.9 Å². The molecule has 0 aliphatic heterocycles. The standard InChI is InChI=1S/C17H26N4S/c1-2-4-18-16(22)19-15-3-5-21(20-15)17-9-12-6-13(10-17)8-14(7-12)11-17/h3,5,12-14H,2,4,6-11H2,1H3,(H2,18,19,20,22). The summed E-state index contributed by atoms with van der Waals surface area (Å²) >= 11 is 5.31. The zero-order valence-electron chi connectivity index (χ0n) is 13.3. The Morgan fingerprint density at radius 1 is 1.27 bits per heavy atom. The first kappa shape index (κ1) is 14.5. The molecule has 4 aliphatic carbocycles. The minimum atomic E-state index is 0.299. The number of thiocarbonyl (C=S) groups is 1. The quantitative estimate of drug-likeness (QED) is 0.834. The number of nitrogens with zero attached hydrogens (tertiary/aromatic N) is 2. The van der Waals surface area contributed by atoms with E-state index < -0.39 is 0 Å². The maximum Gasteiger partial charge on any atom is 0.171 e. The van der Waals surface area contributed by atoms with Crippen molar-refractivity contribution >= 4 is 23.1 Å². The van der Waals surface area contributed by atoms with Gasteiger partial charge in [0.05, 0.1) is 5.54 Å². The van der Waals surface area contributed by atoms with Crippen molar-refractivity contribution in [1.82, 2.24) is 15.1 Å². The Morgan fingerprint density at radius 3 is 2.50 bits per heavy atom. The summed E-state index contributed by atoms with van der Waals surface area (Å²) in [6.45, 7) is 3.04. The van der Waals surface area contributed by atoms with Crippen molar-refractivity contribution in [3.05, 3.63) is 12.3 Å². The lowest BCUT2D eigenvalue weighted by Crippen LogP contribution is -2.52. The third-order valence-corrected chi connectivity index (χ3v) is 6.10. The Morgan fingerprint density at radius 2 is 1.91 bits per heavy atom. The van der Waals surface area contributed by atoms with Crippen LogP contribution < -0.4 is 10.6 Å². The van der Waals surface area contributed by atoms with Crippen LogP contribution in [0.4, 0.5) is 5.82 Å². The highest BCUT2D eigenvalue weighted by Crippen LogP contribution is 2.58.